The SMILES string of the molecule is O=C(O)COc1ccccc1-c1noc(C2CCCCC2)n1. The van der Waals surface area contributed by atoms with Gasteiger partial charge in [0.15, 0.2) is 6.61 Å². The predicted octanol–water partition coefficient (Wildman–Crippen LogP) is 3.25. The number of carbonyl (C=O) groups is 1. The van der Waals surface area contributed by atoms with Crippen LogP contribution in [0.4, 0.5) is 0 Å². The molecule has 0 unspecified atom stereocenters. The van der Waals surface area contributed by atoms with Gasteiger partial charge in [-0.2, -0.15) is 4.98 Å². The number of rotatable bonds is 5. The van der Waals surface area contributed by atoms with Gasteiger partial charge in [-0.15, -0.1) is 0 Å². The van der Waals surface area contributed by atoms with Gasteiger partial charge >= 0.3 is 5.97 Å². The second-order valence-corrected chi connectivity index (χ2v) is 5.47. The minimum atomic E-state index is -1.02. The highest BCUT2D eigenvalue weighted by Gasteiger charge is 2.22. The number of ether oxygens (including phenoxy) is 1. The Morgan fingerprint density at radius 3 is 2.82 bits per heavy atom. The van der Waals surface area contributed by atoms with Crippen LogP contribution in [0.3, 0.4) is 0 Å². The molecule has 116 valence electrons. The molecule has 1 aliphatic rings. The molecule has 0 amide bonds. The van der Waals surface area contributed by atoms with Crippen molar-refractivity contribution < 1.29 is 19.2 Å². The van der Waals surface area contributed by atoms with Gasteiger partial charge in [0.25, 0.3) is 0 Å². The molecule has 0 bridgehead atoms. The molecule has 0 radical (unpaired) electrons. The summed E-state index contributed by atoms with van der Waals surface area (Å²) in [7, 11) is 0. The first-order valence-electron chi connectivity index (χ1n) is 7.51. The number of aliphatic carboxylic acids is 1. The quantitative estimate of drug-likeness (QED) is 0.912. The Balaban J connectivity index is 1.82. The second kappa shape index (κ2) is 6.60. The van der Waals surface area contributed by atoms with Gasteiger partial charge in [0.1, 0.15) is 5.75 Å². The third-order valence-corrected chi connectivity index (χ3v) is 3.88. The van der Waals surface area contributed by atoms with E-state index in [-0.39, 0.29) is 0 Å². The molecule has 1 aliphatic carbocycles. The van der Waals surface area contributed by atoms with Crippen LogP contribution in [0.1, 0.15) is 43.9 Å². The van der Waals surface area contributed by atoms with Crippen LogP contribution in [0.15, 0.2) is 28.8 Å². The summed E-state index contributed by atoms with van der Waals surface area (Å²) in [6, 6.07) is 7.12. The average Bonchev–Trinajstić information content (AvgIpc) is 3.04. The Labute approximate surface area is 128 Å². The van der Waals surface area contributed by atoms with Crippen LogP contribution in [0, 0.1) is 0 Å². The first-order chi connectivity index (χ1) is 10.7. The van der Waals surface area contributed by atoms with Crippen molar-refractivity contribution in [1.29, 1.82) is 0 Å². The number of carboxylic acid groups (broad SMARTS) is 1. The molecule has 0 aliphatic heterocycles. The third kappa shape index (κ3) is 3.27. The van der Waals surface area contributed by atoms with Crippen LogP contribution in [0.2, 0.25) is 0 Å². The fourth-order valence-electron chi connectivity index (χ4n) is 2.78. The Morgan fingerprint density at radius 1 is 1.27 bits per heavy atom. The molecule has 22 heavy (non-hydrogen) atoms. The van der Waals surface area contributed by atoms with E-state index in [9.17, 15) is 4.79 Å². The summed E-state index contributed by atoms with van der Waals surface area (Å²) in [6.07, 6.45) is 5.82. The highest BCUT2D eigenvalue weighted by molar-refractivity contribution is 5.70. The van der Waals surface area contributed by atoms with Crippen LogP contribution in [-0.4, -0.2) is 27.8 Å². The molecule has 0 atom stereocenters. The largest absolute Gasteiger partial charge is 0.481 e. The van der Waals surface area contributed by atoms with E-state index in [1.54, 1.807) is 18.2 Å². The number of benzene rings is 1. The van der Waals surface area contributed by atoms with E-state index >= 15 is 0 Å². The van der Waals surface area contributed by atoms with Crippen LogP contribution in [-0.2, 0) is 4.79 Å². The zero-order valence-corrected chi connectivity index (χ0v) is 12.2. The highest BCUT2D eigenvalue weighted by atomic mass is 16.5. The molecular weight excluding hydrogens is 284 g/mol. The fourth-order valence-corrected chi connectivity index (χ4v) is 2.78. The molecule has 6 heteroatoms. The molecule has 0 saturated heterocycles. The van der Waals surface area contributed by atoms with E-state index in [4.69, 9.17) is 14.4 Å². The summed E-state index contributed by atoms with van der Waals surface area (Å²) >= 11 is 0. The normalized spacial score (nSPS) is 15.6. The maximum absolute atomic E-state index is 10.7. The van der Waals surface area contributed by atoms with Gasteiger partial charge in [0.05, 0.1) is 5.56 Å². The maximum Gasteiger partial charge on any atom is 0.341 e. The third-order valence-electron chi connectivity index (χ3n) is 3.88. The molecule has 2 aromatic rings. The van der Waals surface area contributed by atoms with Gasteiger partial charge in [-0.1, -0.05) is 36.6 Å². The van der Waals surface area contributed by atoms with E-state index in [2.05, 4.69) is 10.1 Å². The monoisotopic (exact) mass is 302 g/mol. The number of carboxylic acids is 1. The Hall–Kier alpha value is -2.37. The number of hydrogen-bond donors (Lipinski definition) is 1. The molecule has 1 fully saturated rings. The van der Waals surface area contributed by atoms with Gasteiger partial charge in [-0.05, 0) is 25.0 Å². The predicted molar refractivity (Wildman–Crippen MR) is 78.7 cm³/mol. The van der Waals surface area contributed by atoms with Crippen molar-refractivity contribution in [3.63, 3.8) is 0 Å². The topological polar surface area (TPSA) is 85.5 Å². The van der Waals surface area contributed by atoms with E-state index in [0.717, 1.165) is 12.8 Å². The lowest BCUT2D eigenvalue weighted by atomic mass is 9.89. The van der Waals surface area contributed by atoms with Gasteiger partial charge in [-0.25, -0.2) is 4.79 Å². The first-order valence-corrected chi connectivity index (χ1v) is 7.51. The van der Waals surface area contributed by atoms with Gasteiger partial charge in [0.2, 0.25) is 11.7 Å². The van der Waals surface area contributed by atoms with Crippen molar-refractivity contribution in [2.75, 3.05) is 6.61 Å². The van der Waals surface area contributed by atoms with Crippen molar-refractivity contribution in [2.45, 2.75) is 38.0 Å². The summed E-state index contributed by atoms with van der Waals surface area (Å²) in [6.45, 7) is -0.398. The molecular formula is C16H18N2O4. The van der Waals surface area contributed by atoms with E-state index < -0.39 is 12.6 Å². The maximum atomic E-state index is 10.7. The number of para-hydroxylation sites is 1. The summed E-state index contributed by atoms with van der Waals surface area (Å²) in [4.78, 5) is 15.1. The molecule has 0 spiro atoms. The zero-order chi connectivity index (χ0) is 15.4. The lowest BCUT2D eigenvalue weighted by molar-refractivity contribution is -0.139. The standard InChI is InChI=1S/C16H18N2O4/c19-14(20)10-21-13-9-5-4-8-12(13)15-17-16(22-18-15)11-6-2-1-3-7-11/h4-5,8-9,11H,1-3,6-7,10H2,(H,19,20). The summed E-state index contributed by atoms with van der Waals surface area (Å²) in [5.41, 5.74) is 0.648. The van der Waals surface area contributed by atoms with Crippen LogP contribution < -0.4 is 4.74 Å². The number of aromatic nitrogens is 2. The molecule has 3 rings (SSSR count). The van der Waals surface area contributed by atoms with Crippen LogP contribution in [0.5, 0.6) is 5.75 Å². The van der Waals surface area contributed by atoms with Gasteiger partial charge in [-0.3, -0.25) is 0 Å². The van der Waals surface area contributed by atoms with Crippen molar-refractivity contribution in [1.82, 2.24) is 10.1 Å². The number of hydrogen-bond acceptors (Lipinski definition) is 5. The fraction of sp³-hybridized carbons (Fsp3) is 0.438. The highest BCUT2D eigenvalue weighted by Crippen LogP contribution is 2.34. The van der Waals surface area contributed by atoms with Gasteiger partial charge < -0.3 is 14.4 Å². The lowest BCUT2D eigenvalue weighted by Gasteiger charge is -2.17. The lowest BCUT2D eigenvalue weighted by Crippen LogP contribution is -2.10. The first kappa shape index (κ1) is 14.6. The van der Waals surface area contributed by atoms with Gasteiger partial charge in [0, 0.05) is 5.92 Å². The van der Waals surface area contributed by atoms with Crippen LogP contribution >= 0.6 is 0 Å². The van der Waals surface area contributed by atoms with E-state index in [1.807, 2.05) is 6.07 Å². The molecule has 1 N–H and O–H groups in total. The molecule has 6 nitrogen and oxygen atoms in total. The summed E-state index contributed by atoms with van der Waals surface area (Å²) in [5.74, 6) is 0.873. The van der Waals surface area contributed by atoms with Crippen molar-refractivity contribution in [2.24, 2.45) is 0 Å². The minimum Gasteiger partial charge on any atom is -0.481 e. The molecule has 1 saturated carbocycles. The van der Waals surface area contributed by atoms with Crippen LogP contribution in [0.25, 0.3) is 11.4 Å². The second-order valence-electron chi connectivity index (χ2n) is 5.47. The van der Waals surface area contributed by atoms with Crippen molar-refractivity contribution in [3.8, 4) is 17.1 Å². The van der Waals surface area contributed by atoms with Crippen molar-refractivity contribution >= 4 is 5.97 Å². The minimum absolute atomic E-state index is 0.335. The molecule has 1 heterocycles. The Bertz CT molecular complexity index is 647. The number of nitrogens with zero attached hydrogens (tertiary/aromatic N) is 2. The summed E-state index contributed by atoms with van der Waals surface area (Å²) in [5, 5.41) is 12.8. The Kier molecular flexibility index (Phi) is 4.37. The smallest absolute Gasteiger partial charge is 0.341 e. The Morgan fingerprint density at radius 2 is 2.05 bits per heavy atom. The van der Waals surface area contributed by atoms with Crippen molar-refractivity contribution in [3.05, 3.63) is 30.2 Å². The molecule has 1 aromatic carbocycles. The van der Waals surface area contributed by atoms with E-state index in [0.29, 0.717) is 28.9 Å². The van der Waals surface area contributed by atoms with E-state index in [1.165, 1.54) is 19.3 Å². The zero-order valence-electron chi connectivity index (χ0n) is 12.2. The summed E-state index contributed by atoms with van der Waals surface area (Å²) < 4.78 is 10.7. The molecule has 1 aromatic heterocycles. The average molecular weight is 302 g/mol.